The molecule has 2 aliphatic heterocycles. The quantitative estimate of drug-likeness (QED) is 0.214. The van der Waals surface area contributed by atoms with Gasteiger partial charge in [-0.2, -0.15) is 47.5 Å². The summed E-state index contributed by atoms with van der Waals surface area (Å²) in [6, 6.07) is 25.3. The van der Waals surface area contributed by atoms with Crippen LogP contribution < -0.4 is 9.80 Å². The second kappa shape index (κ2) is 10.7. The van der Waals surface area contributed by atoms with Crippen molar-refractivity contribution in [3.05, 3.63) is 106 Å². The summed E-state index contributed by atoms with van der Waals surface area (Å²) in [6.07, 6.45) is 8.23. The molecular weight excluding hydrogens is 647 g/mol. The number of nitrogens with zero attached hydrogens (tertiary/aromatic N) is 4. The van der Waals surface area contributed by atoms with Crippen LogP contribution in [-0.2, 0) is 39.3 Å². The molecule has 0 spiro atoms. The van der Waals surface area contributed by atoms with E-state index in [4.69, 9.17) is 9.97 Å². The summed E-state index contributed by atoms with van der Waals surface area (Å²) in [4.78, 5) is 14.1. The van der Waals surface area contributed by atoms with Crippen molar-refractivity contribution in [3.63, 3.8) is 0 Å². The van der Waals surface area contributed by atoms with E-state index in [1.807, 2.05) is 12.4 Å². The predicted octanol–water partition coefficient (Wildman–Crippen LogP) is 7.19. The van der Waals surface area contributed by atoms with E-state index in [0.29, 0.717) is 0 Å². The van der Waals surface area contributed by atoms with Gasteiger partial charge in [0.15, 0.2) is 0 Å². The third kappa shape index (κ3) is 4.91. The van der Waals surface area contributed by atoms with Crippen molar-refractivity contribution in [2.75, 3.05) is 22.9 Å². The predicted molar refractivity (Wildman–Crippen MR) is 151 cm³/mol. The van der Waals surface area contributed by atoms with Crippen LogP contribution in [0.25, 0.3) is 0 Å². The summed E-state index contributed by atoms with van der Waals surface area (Å²) < 4.78 is 0. The first kappa shape index (κ1) is 26.6. The van der Waals surface area contributed by atoms with Crippen LogP contribution in [0.5, 0.6) is 0 Å². The molecular formula is C33H34N4Pt. The third-order valence-corrected chi connectivity index (χ3v) is 7.91. The molecule has 4 heterocycles. The first-order valence-electron chi connectivity index (χ1n) is 13.4. The Balaban J connectivity index is 0.00000294. The van der Waals surface area contributed by atoms with Gasteiger partial charge in [0.1, 0.15) is 11.6 Å². The number of aryl methyl sites for hydroxylation is 4. The van der Waals surface area contributed by atoms with Crippen LogP contribution in [0.2, 0.25) is 0 Å². The Morgan fingerprint density at radius 1 is 0.684 bits per heavy atom. The Morgan fingerprint density at radius 3 is 1.55 bits per heavy atom. The minimum Gasteiger partial charge on any atom is -0.350 e. The topological polar surface area (TPSA) is 32.3 Å². The van der Waals surface area contributed by atoms with E-state index >= 15 is 0 Å². The first-order chi connectivity index (χ1) is 17.9. The standard InChI is InChI=1S/C33H34N4.Pt/c1-23-13-15-34-31(19-23)36-17-5-7-25-9-11-27(21-29(25)36)33(3,4)28-12-10-26-8-6-18-37(30(26)22-28)32-20-24(2)14-16-35-32;/h9-16,19-20H,5-8,17-18H2,1-4H3;/q-2;+2. The van der Waals surface area contributed by atoms with Crippen LogP contribution in [0.15, 0.2) is 60.9 Å². The van der Waals surface area contributed by atoms with Crippen molar-refractivity contribution < 1.29 is 21.1 Å². The first-order valence-corrected chi connectivity index (χ1v) is 13.4. The molecule has 0 bridgehead atoms. The minimum atomic E-state index is -0.254. The van der Waals surface area contributed by atoms with E-state index in [1.54, 1.807) is 0 Å². The number of rotatable bonds is 4. The second-order valence-electron chi connectivity index (χ2n) is 11.0. The molecule has 0 atom stereocenters. The van der Waals surface area contributed by atoms with Gasteiger partial charge in [0.05, 0.1) is 0 Å². The maximum Gasteiger partial charge on any atom is 2.00 e. The van der Waals surface area contributed by atoms with E-state index in [-0.39, 0.29) is 26.5 Å². The molecule has 38 heavy (non-hydrogen) atoms. The van der Waals surface area contributed by atoms with Gasteiger partial charge in [-0.05, 0) is 67.5 Å². The van der Waals surface area contributed by atoms with E-state index < -0.39 is 0 Å². The molecule has 2 aromatic carbocycles. The van der Waals surface area contributed by atoms with E-state index in [9.17, 15) is 0 Å². The van der Waals surface area contributed by atoms with Gasteiger partial charge in [-0.3, -0.25) is 0 Å². The van der Waals surface area contributed by atoms with Crippen molar-refractivity contribution in [2.45, 2.75) is 58.8 Å². The Bertz CT molecular complexity index is 1350. The molecule has 4 aromatic rings. The summed E-state index contributed by atoms with van der Waals surface area (Å²) in [6.45, 7) is 10.8. The van der Waals surface area contributed by atoms with Crippen molar-refractivity contribution in [1.82, 2.24) is 9.97 Å². The molecule has 5 heteroatoms. The fourth-order valence-corrected chi connectivity index (χ4v) is 5.66. The average molecular weight is 682 g/mol. The molecule has 6 rings (SSSR count). The maximum absolute atomic E-state index is 4.69. The van der Waals surface area contributed by atoms with Crippen molar-refractivity contribution >= 4 is 23.0 Å². The Morgan fingerprint density at radius 2 is 1.13 bits per heavy atom. The molecule has 0 saturated heterocycles. The van der Waals surface area contributed by atoms with Gasteiger partial charge >= 0.3 is 21.1 Å². The number of hydrogen-bond donors (Lipinski definition) is 0. The number of pyridine rings is 2. The molecule has 2 aliphatic rings. The molecule has 0 N–H and O–H groups in total. The number of hydrogen-bond acceptors (Lipinski definition) is 4. The Labute approximate surface area is 241 Å². The molecule has 4 nitrogen and oxygen atoms in total. The Kier molecular flexibility index (Phi) is 7.47. The van der Waals surface area contributed by atoms with Crippen LogP contribution in [0.3, 0.4) is 0 Å². The summed E-state index contributed by atoms with van der Waals surface area (Å²) in [5.74, 6) is 2.02. The zero-order valence-electron chi connectivity index (χ0n) is 22.6. The zero-order valence-corrected chi connectivity index (χ0v) is 24.9. The molecule has 196 valence electrons. The average Bonchev–Trinajstić information content (AvgIpc) is 2.91. The van der Waals surface area contributed by atoms with Crippen LogP contribution in [0.1, 0.15) is 60.1 Å². The molecule has 0 saturated carbocycles. The van der Waals surface area contributed by atoms with Gasteiger partial charge in [-0.15, -0.1) is 11.1 Å². The van der Waals surface area contributed by atoms with Gasteiger partial charge in [0, 0.05) is 25.5 Å². The van der Waals surface area contributed by atoms with Gasteiger partial charge < -0.3 is 9.80 Å². The van der Waals surface area contributed by atoms with Crippen molar-refractivity contribution in [3.8, 4) is 0 Å². The largest absolute Gasteiger partial charge is 2.00 e. The van der Waals surface area contributed by atoms with E-state index in [0.717, 1.165) is 50.4 Å². The van der Waals surface area contributed by atoms with E-state index in [1.165, 1.54) is 44.8 Å². The fraction of sp³-hybridized carbons (Fsp3) is 0.333. The molecule has 0 unspecified atom stereocenters. The molecule has 0 radical (unpaired) electrons. The molecule has 0 aliphatic carbocycles. The molecule has 2 aromatic heterocycles. The van der Waals surface area contributed by atoms with Gasteiger partial charge in [-0.1, -0.05) is 38.1 Å². The number of fused-ring (bicyclic) bond motifs is 2. The molecule has 0 fully saturated rings. The minimum absolute atomic E-state index is 0. The van der Waals surface area contributed by atoms with E-state index in [2.05, 4.69) is 98.2 Å². The van der Waals surface area contributed by atoms with Crippen LogP contribution in [-0.4, -0.2) is 23.1 Å². The normalized spacial score (nSPS) is 14.9. The van der Waals surface area contributed by atoms with Crippen molar-refractivity contribution in [1.29, 1.82) is 0 Å². The number of benzene rings is 2. The van der Waals surface area contributed by atoms with Crippen molar-refractivity contribution in [2.24, 2.45) is 0 Å². The summed E-state index contributed by atoms with van der Waals surface area (Å²) in [5, 5.41) is 0. The zero-order chi connectivity index (χ0) is 25.6. The summed E-state index contributed by atoms with van der Waals surface area (Å²) >= 11 is 0. The number of aromatic nitrogens is 2. The summed E-state index contributed by atoms with van der Waals surface area (Å²) in [7, 11) is 0. The van der Waals surface area contributed by atoms with Crippen LogP contribution in [0, 0.1) is 26.0 Å². The number of anilines is 4. The smallest absolute Gasteiger partial charge is 0.350 e. The third-order valence-electron chi connectivity index (χ3n) is 7.91. The summed E-state index contributed by atoms with van der Waals surface area (Å²) in [5.41, 5.74) is 9.58. The van der Waals surface area contributed by atoms with Gasteiger partial charge in [0.2, 0.25) is 0 Å². The maximum atomic E-state index is 4.69. The van der Waals surface area contributed by atoms with Gasteiger partial charge in [0.25, 0.3) is 0 Å². The monoisotopic (exact) mass is 681 g/mol. The molecule has 0 amide bonds. The van der Waals surface area contributed by atoms with Gasteiger partial charge in [-0.25, -0.2) is 9.97 Å². The second-order valence-corrected chi connectivity index (χ2v) is 11.0. The Hall–Kier alpha value is -2.97. The van der Waals surface area contributed by atoms with Crippen LogP contribution in [0.4, 0.5) is 23.0 Å². The fourth-order valence-electron chi connectivity index (χ4n) is 5.66. The SMILES string of the molecule is Cc1ccnc(N2CCCc3ccc(C(C)(C)c4[c-]c5c(cc4)CCCN5c4cc(C)ccn4)[c-]c32)c1.[Pt+2]. The van der Waals surface area contributed by atoms with Crippen LogP contribution >= 0.6 is 0 Å².